The summed E-state index contributed by atoms with van der Waals surface area (Å²) in [5, 5.41) is 3.01. The Balaban J connectivity index is 1.79. The molecule has 2 aliphatic rings. The number of rotatable bonds is 4. The summed E-state index contributed by atoms with van der Waals surface area (Å²) in [6, 6.07) is 0.159. The average molecular weight is 260 g/mol. The number of sulfonamides is 1. The molecule has 1 saturated heterocycles. The third-order valence-corrected chi connectivity index (χ3v) is 5.39. The number of hydrogen-bond acceptors (Lipinski definition) is 3. The van der Waals surface area contributed by atoms with Crippen LogP contribution in [0.5, 0.6) is 0 Å². The number of carbonyl (C=O) groups is 1. The van der Waals surface area contributed by atoms with E-state index >= 15 is 0 Å². The fraction of sp³-hybridized carbons (Fsp3) is 0.909. The minimum absolute atomic E-state index is 0.154. The number of piperidine rings is 1. The Hall–Kier alpha value is -0.620. The van der Waals surface area contributed by atoms with Crippen LogP contribution in [0.1, 0.15) is 32.6 Å². The number of amides is 1. The van der Waals surface area contributed by atoms with Crippen LogP contribution in [-0.4, -0.2) is 43.5 Å². The van der Waals surface area contributed by atoms with Crippen LogP contribution in [-0.2, 0) is 14.8 Å². The lowest BCUT2D eigenvalue weighted by Crippen LogP contribution is -2.47. The molecule has 0 aromatic rings. The van der Waals surface area contributed by atoms with Gasteiger partial charge in [0.05, 0.1) is 5.75 Å². The van der Waals surface area contributed by atoms with Crippen LogP contribution in [0, 0.1) is 5.92 Å². The van der Waals surface area contributed by atoms with Crippen molar-refractivity contribution < 1.29 is 13.2 Å². The van der Waals surface area contributed by atoms with Gasteiger partial charge in [-0.2, -0.15) is 0 Å². The van der Waals surface area contributed by atoms with Crippen molar-refractivity contribution in [2.45, 2.75) is 38.6 Å². The van der Waals surface area contributed by atoms with Gasteiger partial charge >= 0.3 is 0 Å². The molecule has 1 aliphatic heterocycles. The molecule has 1 N–H and O–H groups in total. The average Bonchev–Trinajstić information content (AvgIpc) is 3.13. The summed E-state index contributed by atoms with van der Waals surface area (Å²) in [5.41, 5.74) is 0. The molecule has 2 fully saturated rings. The van der Waals surface area contributed by atoms with Gasteiger partial charge in [-0.05, 0) is 32.6 Å². The molecule has 1 amide bonds. The van der Waals surface area contributed by atoms with Crippen LogP contribution in [0.25, 0.3) is 0 Å². The largest absolute Gasteiger partial charge is 0.353 e. The number of carbonyl (C=O) groups excluding carboxylic acids is 1. The SMILES string of the molecule is CCS(=O)(=O)N1CCC(NC(=O)C2CC2)CC1. The lowest BCUT2D eigenvalue weighted by molar-refractivity contribution is -0.123. The van der Waals surface area contributed by atoms with E-state index in [1.807, 2.05) is 0 Å². The lowest BCUT2D eigenvalue weighted by Gasteiger charge is -2.31. The lowest BCUT2D eigenvalue weighted by atomic mass is 10.1. The minimum atomic E-state index is -3.06. The van der Waals surface area contributed by atoms with Gasteiger partial charge in [0, 0.05) is 25.0 Å². The van der Waals surface area contributed by atoms with Crippen molar-refractivity contribution in [3.05, 3.63) is 0 Å². The Morgan fingerprint density at radius 3 is 2.29 bits per heavy atom. The van der Waals surface area contributed by atoms with Crippen LogP contribution in [0.15, 0.2) is 0 Å². The normalized spacial score (nSPS) is 23.6. The van der Waals surface area contributed by atoms with Crippen molar-refractivity contribution >= 4 is 15.9 Å². The van der Waals surface area contributed by atoms with E-state index in [1.54, 1.807) is 6.92 Å². The van der Waals surface area contributed by atoms with Crippen molar-refractivity contribution in [3.63, 3.8) is 0 Å². The fourth-order valence-electron chi connectivity index (χ4n) is 2.13. The van der Waals surface area contributed by atoms with Gasteiger partial charge in [-0.25, -0.2) is 12.7 Å². The topological polar surface area (TPSA) is 66.5 Å². The summed E-state index contributed by atoms with van der Waals surface area (Å²) in [6.07, 6.45) is 3.49. The van der Waals surface area contributed by atoms with Gasteiger partial charge in [-0.15, -0.1) is 0 Å². The molecule has 0 unspecified atom stereocenters. The first-order valence-corrected chi connectivity index (χ1v) is 7.92. The molecular formula is C11H20N2O3S. The Morgan fingerprint density at radius 2 is 1.82 bits per heavy atom. The third kappa shape index (κ3) is 3.19. The molecule has 2 rings (SSSR count). The zero-order chi connectivity index (χ0) is 12.5. The quantitative estimate of drug-likeness (QED) is 0.792. The van der Waals surface area contributed by atoms with Gasteiger partial charge in [0.15, 0.2) is 0 Å². The molecule has 0 aromatic heterocycles. The molecule has 0 aromatic carbocycles. The molecule has 1 saturated carbocycles. The molecule has 6 heteroatoms. The van der Waals surface area contributed by atoms with Gasteiger partial charge in [-0.3, -0.25) is 4.79 Å². The monoisotopic (exact) mass is 260 g/mol. The second-order valence-corrected chi connectivity index (χ2v) is 7.11. The fourth-order valence-corrected chi connectivity index (χ4v) is 3.26. The molecule has 1 heterocycles. The van der Waals surface area contributed by atoms with Crippen LogP contribution in [0.2, 0.25) is 0 Å². The molecular weight excluding hydrogens is 240 g/mol. The molecule has 5 nitrogen and oxygen atoms in total. The first-order valence-electron chi connectivity index (χ1n) is 6.31. The summed E-state index contributed by atoms with van der Waals surface area (Å²) >= 11 is 0. The highest BCUT2D eigenvalue weighted by molar-refractivity contribution is 7.89. The van der Waals surface area contributed by atoms with Crippen LogP contribution in [0.4, 0.5) is 0 Å². The highest BCUT2D eigenvalue weighted by Gasteiger charge is 2.33. The number of hydrogen-bond donors (Lipinski definition) is 1. The number of nitrogens with zero attached hydrogens (tertiary/aromatic N) is 1. The summed E-state index contributed by atoms with van der Waals surface area (Å²) in [7, 11) is -3.06. The first kappa shape index (κ1) is 12.8. The zero-order valence-corrected chi connectivity index (χ0v) is 11.0. The zero-order valence-electron chi connectivity index (χ0n) is 10.2. The van der Waals surface area contributed by atoms with E-state index in [2.05, 4.69) is 5.32 Å². The van der Waals surface area contributed by atoms with Gasteiger partial charge < -0.3 is 5.32 Å². The predicted molar refractivity (Wildman–Crippen MR) is 64.9 cm³/mol. The Morgan fingerprint density at radius 1 is 1.24 bits per heavy atom. The highest BCUT2D eigenvalue weighted by Crippen LogP contribution is 2.29. The number of nitrogens with one attached hydrogen (secondary N) is 1. The van der Waals surface area contributed by atoms with E-state index < -0.39 is 10.0 Å². The maximum absolute atomic E-state index is 11.6. The van der Waals surface area contributed by atoms with Crippen molar-refractivity contribution in [1.82, 2.24) is 9.62 Å². The Labute approximate surface area is 103 Å². The molecule has 0 spiro atoms. The standard InChI is InChI=1S/C11H20N2O3S/c1-2-17(15,16)13-7-5-10(6-8-13)12-11(14)9-3-4-9/h9-10H,2-8H2,1H3,(H,12,14). The van der Waals surface area contributed by atoms with E-state index in [-0.39, 0.29) is 23.6 Å². The highest BCUT2D eigenvalue weighted by atomic mass is 32.2. The Bertz CT molecular complexity index is 382. The van der Waals surface area contributed by atoms with Gasteiger partial charge in [0.25, 0.3) is 0 Å². The van der Waals surface area contributed by atoms with E-state index in [1.165, 1.54) is 4.31 Å². The first-order chi connectivity index (χ1) is 8.03. The molecule has 0 atom stereocenters. The molecule has 98 valence electrons. The summed E-state index contributed by atoms with van der Waals surface area (Å²) in [4.78, 5) is 11.6. The molecule has 17 heavy (non-hydrogen) atoms. The third-order valence-electron chi connectivity index (χ3n) is 3.51. The van der Waals surface area contributed by atoms with Gasteiger partial charge in [0.1, 0.15) is 0 Å². The van der Waals surface area contributed by atoms with Crippen molar-refractivity contribution in [2.75, 3.05) is 18.8 Å². The molecule has 1 aliphatic carbocycles. The van der Waals surface area contributed by atoms with Crippen molar-refractivity contribution in [1.29, 1.82) is 0 Å². The van der Waals surface area contributed by atoms with Gasteiger partial charge in [-0.1, -0.05) is 0 Å². The summed E-state index contributed by atoms with van der Waals surface area (Å²) in [6.45, 7) is 2.73. The molecule has 0 radical (unpaired) electrons. The Kier molecular flexibility index (Phi) is 3.73. The van der Waals surface area contributed by atoms with E-state index in [9.17, 15) is 13.2 Å². The second kappa shape index (κ2) is 4.94. The second-order valence-electron chi connectivity index (χ2n) is 4.86. The summed E-state index contributed by atoms with van der Waals surface area (Å²) < 4.78 is 24.8. The van der Waals surface area contributed by atoms with Gasteiger partial charge in [0.2, 0.25) is 15.9 Å². The van der Waals surface area contributed by atoms with Crippen LogP contribution in [0.3, 0.4) is 0 Å². The maximum Gasteiger partial charge on any atom is 0.223 e. The van der Waals surface area contributed by atoms with E-state index in [4.69, 9.17) is 0 Å². The maximum atomic E-state index is 11.6. The van der Waals surface area contributed by atoms with Crippen molar-refractivity contribution in [3.8, 4) is 0 Å². The molecule has 0 bridgehead atoms. The van der Waals surface area contributed by atoms with Crippen LogP contribution < -0.4 is 5.32 Å². The van der Waals surface area contributed by atoms with Crippen molar-refractivity contribution in [2.24, 2.45) is 5.92 Å². The minimum Gasteiger partial charge on any atom is -0.353 e. The van der Waals surface area contributed by atoms with E-state index in [0.717, 1.165) is 25.7 Å². The smallest absolute Gasteiger partial charge is 0.223 e. The van der Waals surface area contributed by atoms with E-state index in [0.29, 0.717) is 13.1 Å². The summed E-state index contributed by atoms with van der Waals surface area (Å²) in [5.74, 6) is 0.542. The predicted octanol–water partition coefficient (Wildman–Crippen LogP) is 0.327. The van der Waals surface area contributed by atoms with Crippen LogP contribution >= 0.6 is 0 Å².